The van der Waals surface area contributed by atoms with Crippen LogP contribution in [-0.4, -0.2) is 66.1 Å². The maximum Gasteiger partial charge on any atom is 0.263 e. The minimum absolute atomic E-state index is 0.0761. The van der Waals surface area contributed by atoms with Crippen molar-refractivity contribution in [2.75, 3.05) is 26.1 Å². The Labute approximate surface area is 224 Å². The predicted molar refractivity (Wildman–Crippen MR) is 142 cm³/mol. The number of anilines is 1. The van der Waals surface area contributed by atoms with Gasteiger partial charge in [0.25, 0.3) is 5.91 Å². The van der Waals surface area contributed by atoms with Crippen LogP contribution >= 0.6 is 0 Å². The highest BCUT2D eigenvalue weighted by molar-refractivity contribution is 6.06. The maximum atomic E-state index is 13.3. The van der Waals surface area contributed by atoms with Crippen molar-refractivity contribution in [3.05, 3.63) is 89.8 Å². The lowest BCUT2D eigenvalue weighted by atomic mass is 9.89. The Morgan fingerprint density at radius 2 is 1.87 bits per heavy atom. The number of amides is 1. The number of nitrogens with zero attached hydrogens (tertiary/aromatic N) is 7. The highest BCUT2D eigenvalue weighted by Crippen LogP contribution is 2.37. The van der Waals surface area contributed by atoms with Crippen molar-refractivity contribution in [1.29, 1.82) is 0 Å². The second-order valence-electron chi connectivity index (χ2n) is 8.64. The number of nitrogens with one attached hydrogen (secondary N) is 1. The van der Waals surface area contributed by atoms with Crippen LogP contribution in [0.2, 0.25) is 0 Å². The number of carbonyl (C=O) groups excluding carboxylic acids is 1. The molecule has 0 saturated carbocycles. The van der Waals surface area contributed by atoms with E-state index >= 15 is 0 Å². The minimum atomic E-state index is -1.69. The lowest BCUT2D eigenvalue weighted by molar-refractivity contribution is 0.102. The maximum absolute atomic E-state index is 13.3. The molecule has 4 aromatic heterocycles. The van der Waals surface area contributed by atoms with E-state index in [2.05, 4.69) is 25.4 Å². The van der Waals surface area contributed by atoms with Gasteiger partial charge in [-0.1, -0.05) is 36.4 Å². The number of methoxy groups -OCH3 is 2. The van der Waals surface area contributed by atoms with E-state index in [1.165, 1.54) is 13.4 Å². The summed E-state index contributed by atoms with van der Waals surface area (Å²) in [4.78, 5) is 31.1. The van der Waals surface area contributed by atoms with Gasteiger partial charge in [0.05, 0.1) is 31.5 Å². The molecule has 2 N–H and O–H groups in total. The average molecular weight is 529 g/mol. The topological polar surface area (TPSA) is 142 Å². The molecule has 1 aromatic carbocycles. The van der Waals surface area contributed by atoms with E-state index in [0.29, 0.717) is 47.9 Å². The molecule has 5 rings (SSSR count). The highest BCUT2D eigenvalue weighted by Gasteiger charge is 2.40. The number of hydrogen-bond acceptors (Lipinski definition) is 9. The van der Waals surface area contributed by atoms with Gasteiger partial charge in [-0.05, 0) is 30.7 Å². The minimum Gasteiger partial charge on any atom is -0.480 e. The molecule has 5 aromatic rings. The summed E-state index contributed by atoms with van der Waals surface area (Å²) in [5, 5.41) is 19.2. The van der Waals surface area contributed by atoms with Gasteiger partial charge in [0.1, 0.15) is 11.9 Å². The summed E-state index contributed by atoms with van der Waals surface area (Å²) in [6.45, 7) is 3.32. The van der Waals surface area contributed by atoms with Gasteiger partial charge < -0.3 is 19.1 Å². The lowest BCUT2D eigenvalue weighted by Crippen LogP contribution is -2.33. The van der Waals surface area contributed by atoms with Crippen LogP contribution in [0, 0.1) is 0 Å². The molecule has 1 unspecified atom stereocenters. The van der Waals surface area contributed by atoms with E-state index in [1.54, 1.807) is 36.2 Å². The molecule has 0 spiro atoms. The first-order chi connectivity index (χ1) is 19.0. The number of rotatable bonds is 10. The van der Waals surface area contributed by atoms with Crippen molar-refractivity contribution in [3.8, 4) is 5.88 Å². The molecule has 0 aliphatic heterocycles. The van der Waals surface area contributed by atoms with Gasteiger partial charge in [0, 0.05) is 19.9 Å². The van der Waals surface area contributed by atoms with E-state index in [0.717, 1.165) is 0 Å². The van der Waals surface area contributed by atoms with Gasteiger partial charge in [-0.25, -0.2) is 14.6 Å². The summed E-state index contributed by atoms with van der Waals surface area (Å²) in [7, 11) is 3.02. The van der Waals surface area contributed by atoms with Crippen molar-refractivity contribution < 1.29 is 19.4 Å². The third-order valence-electron chi connectivity index (χ3n) is 6.30. The molecule has 0 saturated heterocycles. The monoisotopic (exact) mass is 528 g/mol. The molecule has 39 heavy (non-hydrogen) atoms. The number of benzene rings is 1. The van der Waals surface area contributed by atoms with E-state index in [4.69, 9.17) is 14.5 Å². The Hall–Kier alpha value is -4.68. The number of fused-ring (bicyclic) bond motifs is 1. The number of imidazole rings is 1. The number of aliphatic hydroxyl groups is 1. The van der Waals surface area contributed by atoms with Gasteiger partial charge >= 0.3 is 0 Å². The van der Waals surface area contributed by atoms with Crippen molar-refractivity contribution >= 4 is 23.0 Å². The van der Waals surface area contributed by atoms with Gasteiger partial charge in [-0.2, -0.15) is 4.98 Å². The molecule has 4 heterocycles. The second-order valence-corrected chi connectivity index (χ2v) is 8.64. The zero-order valence-electron chi connectivity index (χ0n) is 21.8. The summed E-state index contributed by atoms with van der Waals surface area (Å²) in [6, 6.07) is 16.2. The Morgan fingerprint density at radius 3 is 2.56 bits per heavy atom. The van der Waals surface area contributed by atoms with Crippen molar-refractivity contribution in [1.82, 2.24) is 34.3 Å². The number of pyridine rings is 2. The molecule has 1 atom stereocenters. The first-order valence-electron chi connectivity index (χ1n) is 12.3. The van der Waals surface area contributed by atoms with Crippen molar-refractivity contribution in [3.63, 3.8) is 0 Å². The summed E-state index contributed by atoms with van der Waals surface area (Å²) in [5.41, 5.74) is 0.332. The first-order valence-corrected chi connectivity index (χ1v) is 12.3. The van der Waals surface area contributed by atoms with Crippen LogP contribution < -0.4 is 10.1 Å². The fourth-order valence-electron chi connectivity index (χ4n) is 4.41. The fraction of sp³-hybridized carbons (Fsp3) is 0.259. The Kier molecular flexibility index (Phi) is 7.30. The molecule has 0 aliphatic carbocycles. The molecule has 200 valence electrons. The predicted octanol–water partition coefficient (Wildman–Crippen LogP) is 2.63. The number of aryl methyl sites for hydroxylation is 1. The normalized spacial score (nSPS) is 12.8. The molecular formula is C27H28N8O4. The van der Waals surface area contributed by atoms with Crippen LogP contribution in [0.3, 0.4) is 0 Å². The lowest BCUT2D eigenvalue weighted by Gasteiger charge is -2.28. The standard InChI is InChI=1S/C27H28N8O4/c1-4-35-20-16-19(23(36)32-26-29-17-34(33-26)14-15-38-2)24(39-3)30-22(20)31-25(35)27(37,18-10-6-5-7-11-18)21-12-8-9-13-28-21/h5-13,16-17,37H,4,14-15H2,1-3H3,(H,32,33,36). The third-order valence-corrected chi connectivity index (χ3v) is 6.30. The molecule has 12 nitrogen and oxygen atoms in total. The van der Waals surface area contributed by atoms with Crippen molar-refractivity contribution in [2.45, 2.75) is 25.6 Å². The van der Waals surface area contributed by atoms with Crippen LogP contribution in [0.25, 0.3) is 11.2 Å². The first kappa shape index (κ1) is 25.9. The zero-order chi connectivity index (χ0) is 27.4. The Bertz CT molecular complexity index is 1540. The highest BCUT2D eigenvalue weighted by atomic mass is 16.5. The molecule has 0 fully saturated rings. The summed E-state index contributed by atoms with van der Waals surface area (Å²) in [5.74, 6) is 0.0264. The average Bonchev–Trinajstić information content (AvgIpc) is 3.59. The largest absolute Gasteiger partial charge is 0.480 e. The molecular weight excluding hydrogens is 500 g/mol. The molecule has 12 heteroatoms. The quantitative estimate of drug-likeness (QED) is 0.280. The van der Waals surface area contributed by atoms with Crippen LogP contribution in [0.1, 0.15) is 34.4 Å². The second kappa shape index (κ2) is 11.0. The van der Waals surface area contributed by atoms with E-state index in [-0.39, 0.29) is 17.4 Å². The summed E-state index contributed by atoms with van der Waals surface area (Å²) >= 11 is 0. The number of carbonyl (C=O) groups is 1. The number of ether oxygens (including phenoxy) is 2. The third kappa shape index (κ3) is 4.82. The Balaban J connectivity index is 1.61. The number of hydrogen-bond donors (Lipinski definition) is 2. The molecule has 1 amide bonds. The van der Waals surface area contributed by atoms with Crippen LogP contribution in [0.4, 0.5) is 5.95 Å². The van der Waals surface area contributed by atoms with Gasteiger partial charge in [-0.3, -0.25) is 15.1 Å². The van der Waals surface area contributed by atoms with Crippen LogP contribution in [-0.2, 0) is 23.4 Å². The van der Waals surface area contributed by atoms with Gasteiger partial charge in [-0.15, -0.1) is 5.10 Å². The van der Waals surface area contributed by atoms with Crippen molar-refractivity contribution in [2.24, 2.45) is 0 Å². The van der Waals surface area contributed by atoms with Crippen LogP contribution in [0.5, 0.6) is 5.88 Å². The zero-order valence-corrected chi connectivity index (χ0v) is 21.8. The number of aromatic nitrogens is 7. The molecule has 0 radical (unpaired) electrons. The fourth-order valence-corrected chi connectivity index (χ4v) is 4.41. The van der Waals surface area contributed by atoms with Gasteiger partial charge in [0.2, 0.25) is 11.8 Å². The SMILES string of the molecule is CCn1c(C(O)(c2ccccc2)c2ccccn2)nc2nc(OC)c(C(=O)Nc3ncn(CCOC)n3)cc21. The van der Waals surface area contributed by atoms with E-state index < -0.39 is 11.5 Å². The van der Waals surface area contributed by atoms with E-state index in [9.17, 15) is 9.90 Å². The summed E-state index contributed by atoms with van der Waals surface area (Å²) < 4.78 is 13.9. The molecule has 0 bridgehead atoms. The summed E-state index contributed by atoms with van der Waals surface area (Å²) in [6.07, 6.45) is 3.13. The molecule has 0 aliphatic rings. The Morgan fingerprint density at radius 1 is 1.08 bits per heavy atom. The van der Waals surface area contributed by atoms with E-state index in [1.807, 2.05) is 47.9 Å². The van der Waals surface area contributed by atoms with Crippen LogP contribution in [0.15, 0.2) is 67.1 Å². The smallest absolute Gasteiger partial charge is 0.263 e. The van der Waals surface area contributed by atoms with Gasteiger partial charge in [0.15, 0.2) is 17.1 Å².